The van der Waals surface area contributed by atoms with Crippen LogP contribution in [0.5, 0.6) is 0 Å². The molecule has 0 saturated heterocycles. The van der Waals surface area contributed by atoms with Crippen LogP contribution in [0, 0.1) is 0 Å². The number of hydrogen-bond donors (Lipinski definition) is 3. The average Bonchev–Trinajstić information content (AvgIpc) is 2.70. The van der Waals surface area contributed by atoms with E-state index in [0.29, 0.717) is 11.6 Å². The smallest absolute Gasteiger partial charge is 0.341 e. The van der Waals surface area contributed by atoms with Gasteiger partial charge in [0.2, 0.25) is 0 Å². The highest BCUT2D eigenvalue weighted by Gasteiger charge is 2.26. The van der Waals surface area contributed by atoms with Gasteiger partial charge in [-0.25, -0.2) is 4.79 Å². The molecule has 1 aliphatic carbocycles. The van der Waals surface area contributed by atoms with Gasteiger partial charge in [0.1, 0.15) is 5.56 Å². The van der Waals surface area contributed by atoms with Gasteiger partial charge in [-0.3, -0.25) is 5.10 Å². The third kappa shape index (κ3) is 1.34. The zero-order valence-electron chi connectivity index (χ0n) is 7.79. The van der Waals surface area contributed by atoms with Crippen LogP contribution in [-0.4, -0.2) is 21.3 Å². The minimum atomic E-state index is -0.988. The summed E-state index contributed by atoms with van der Waals surface area (Å²) in [5.41, 5.74) is 6.35. The molecule has 1 aromatic heterocycles. The van der Waals surface area contributed by atoms with Gasteiger partial charge in [-0.15, -0.1) is 0 Å². The van der Waals surface area contributed by atoms with Gasteiger partial charge < -0.3 is 10.8 Å². The second kappa shape index (κ2) is 3.32. The van der Waals surface area contributed by atoms with Crippen LogP contribution in [-0.2, 0) is 0 Å². The average molecular weight is 195 g/mol. The minimum absolute atomic E-state index is 0.0967. The van der Waals surface area contributed by atoms with Crippen molar-refractivity contribution >= 4 is 11.8 Å². The van der Waals surface area contributed by atoms with Crippen LogP contribution in [0.15, 0.2) is 0 Å². The van der Waals surface area contributed by atoms with Gasteiger partial charge in [0, 0.05) is 5.92 Å². The number of H-pyrrole nitrogens is 1. The lowest BCUT2D eigenvalue weighted by atomic mass is 10.00. The van der Waals surface area contributed by atoms with Crippen molar-refractivity contribution in [2.24, 2.45) is 0 Å². The summed E-state index contributed by atoms with van der Waals surface area (Å²) in [4.78, 5) is 10.9. The summed E-state index contributed by atoms with van der Waals surface area (Å²) in [6, 6.07) is 0. The number of aromatic nitrogens is 2. The van der Waals surface area contributed by atoms with E-state index in [0.717, 1.165) is 25.7 Å². The number of aromatic carboxylic acids is 1. The molecule has 1 aromatic rings. The number of hydrogen-bond acceptors (Lipinski definition) is 3. The number of rotatable bonds is 2. The topological polar surface area (TPSA) is 92.0 Å². The Morgan fingerprint density at radius 3 is 2.71 bits per heavy atom. The Kier molecular flexibility index (Phi) is 2.15. The number of carboxylic acids is 1. The van der Waals surface area contributed by atoms with Gasteiger partial charge in [-0.1, -0.05) is 12.8 Å². The first-order valence-corrected chi connectivity index (χ1v) is 4.77. The highest BCUT2D eigenvalue weighted by Crippen LogP contribution is 2.35. The van der Waals surface area contributed by atoms with Crippen molar-refractivity contribution in [2.75, 3.05) is 5.73 Å². The number of anilines is 1. The fourth-order valence-corrected chi connectivity index (χ4v) is 2.10. The van der Waals surface area contributed by atoms with E-state index in [1.54, 1.807) is 0 Å². The molecule has 0 amide bonds. The third-order valence-corrected chi connectivity index (χ3v) is 2.80. The number of carbonyl (C=O) groups is 1. The molecule has 0 unspecified atom stereocenters. The molecule has 1 saturated carbocycles. The summed E-state index contributed by atoms with van der Waals surface area (Å²) >= 11 is 0. The Morgan fingerprint density at radius 1 is 1.50 bits per heavy atom. The molecule has 76 valence electrons. The fraction of sp³-hybridized carbons (Fsp3) is 0.556. The maximum atomic E-state index is 10.9. The van der Waals surface area contributed by atoms with E-state index in [1.165, 1.54) is 0 Å². The SMILES string of the molecule is Nc1n[nH]c(C2CCCC2)c1C(=O)O. The van der Waals surface area contributed by atoms with Crippen LogP contribution in [0.1, 0.15) is 47.7 Å². The lowest BCUT2D eigenvalue weighted by Crippen LogP contribution is -2.05. The molecule has 1 aliphatic rings. The van der Waals surface area contributed by atoms with Crippen molar-refractivity contribution in [1.82, 2.24) is 10.2 Å². The van der Waals surface area contributed by atoms with Crippen molar-refractivity contribution in [1.29, 1.82) is 0 Å². The molecule has 1 fully saturated rings. The van der Waals surface area contributed by atoms with Crippen LogP contribution in [0.4, 0.5) is 5.82 Å². The maximum absolute atomic E-state index is 10.9. The lowest BCUT2D eigenvalue weighted by molar-refractivity contribution is 0.0696. The first-order chi connectivity index (χ1) is 6.70. The maximum Gasteiger partial charge on any atom is 0.341 e. The first kappa shape index (κ1) is 9.05. The predicted octanol–water partition coefficient (Wildman–Crippen LogP) is 1.35. The second-order valence-corrected chi connectivity index (χ2v) is 3.68. The lowest BCUT2D eigenvalue weighted by Gasteiger charge is -2.06. The quantitative estimate of drug-likeness (QED) is 0.664. The minimum Gasteiger partial charge on any atom is -0.477 e. The predicted molar refractivity (Wildman–Crippen MR) is 51.2 cm³/mol. The highest BCUT2D eigenvalue weighted by atomic mass is 16.4. The summed E-state index contributed by atoms with van der Waals surface area (Å²) < 4.78 is 0. The Bertz CT molecular complexity index is 353. The molecule has 14 heavy (non-hydrogen) atoms. The molecule has 5 nitrogen and oxygen atoms in total. The molecule has 0 atom stereocenters. The first-order valence-electron chi connectivity index (χ1n) is 4.77. The van der Waals surface area contributed by atoms with Crippen LogP contribution in [0.2, 0.25) is 0 Å². The Morgan fingerprint density at radius 2 is 2.14 bits per heavy atom. The number of nitrogen functional groups attached to an aromatic ring is 1. The summed E-state index contributed by atoms with van der Waals surface area (Å²) in [5.74, 6) is -0.594. The molecule has 4 N–H and O–H groups in total. The van der Waals surface area contributed by atoms with E-state index in [4.69, 9.17) is 10.8 Å². The van der Waals surface area contributed by atoms with Gasteiger partial charge in [0.25, 0.3) is 0 Å². The number of nitrogens with one attached hydrogen (secondary N) is 1. The molecule has 0 aromatic carbocycles. The Labute approximate surface area is 81.3 Å². The van der Waals surface area contributed by atoms with E-state index in [-0.39, 0.29) is 11.4 Å². The monoisotopic (exact) mass is 195 g/mol. The molecule has 0 bridgehead atoms. The number of nitrogens with two attached hydrogens (primary N) is 1. The van der Waals surface area contributed by atoms with Crippen molar-refractivity contribution in [3.8, 4) is 0 Å². The van der Waals surface area contributed by atoms with E-state index in [9.17, 15) is 4.79 Å². The number of nitrogens with zero attached hydrogens (tertiary/aromatic N) is 1. The summed E-state index contributed by atoms with van der Waals surface area (Å²) in [6.07, 6.45) is 4.37. The van der Waals surface area contributed by atoms with E-state index < -0.39 is 5.97 Å². The van der Waals surface area contributed by atoms with Crippen LogP contribution >= 0.6 is 0 Å². The van der Waals surface area contributed by atoms with Crippen LogP contribution < -0.4 is 5.73 Å². The van der Waals surface area contributed by atoms with Gasteiger partial charge in [-0.2, -0.15) is 5.10 Å². The largest absolute Gasteiger partial charge is 0.477 e. The van der Waals surface area contributed by atoms with E-state index in [2.05, 4.69) is 10.2 Å². The standard InChI is InChI=1S/C9H13N3O2/c10-8-6(9(13)14)7(11-12-8)5-3-1-2-4-5/h5H,1-4H2,(H,13,14)(H3,10,11,12). The van der Waals surface area contributed by atoms with Gasteiger partial charge in [0.05, 0.1) is 5.69 Å². The molecule has 0 aliphatic heterocycles. The molecule has 2 rings (SSSR count). The molecular formula is C9H13N3O2. The van der Waals surface area contributed by atoms with Crippen LogP contribution in [0.25, 0.3) is 0 Å². The second-order valence-electron chi connectivity index (χ2n) is 3.68. The van der Waals surface area contributed by atoms with Gasteiger partial charge in [0.15, 0.2) is 5.82 Å². The normalized spacial score (nSPS) is 17.4. The van der Waals surface area contributed by atoms with Crippen molar-refractivity contribution in [2.45, 2.75) is 31.6 Å². The van der Waals surface area contributed by atoms with Crippen LogP contribution in [0.3, 0.4) is 0 Å². The van der Waals surface area contributed by atoms with Crippen molar-refractivity contribution in [3.63, 3.8) is 0 Å². The van der Waals surface area contributed by atoms with Crippen molar-refractivity contribution < 1.29 is 9.90 Å². The van der Waals surface area contributed by atoms with Crippen molar-refractivity contribution in [3.05, 3.63) is 11.3 Å². The zero-order valence-corrected chi connectivity index (χ0v) is 7.79. The number of carboxylic acid groups (broad SMARTS) is 1. The molecule has 5 heteroatoms. The summed E-state index contributed by atoms with van der Waals surface area (Å²) in [5, 5.41) is 15.5. The third-order valence-electron chi connectivity index (χ3n) is 2.80. The zero-order chi connectivity index (χ0) is 10.1. The van der Waals surface area contributed by atoms with Gasteiger partial charge >= 0.3 is 5.97 Å². The van der Waals surface area contributed by atoms with E-state index >= 15 is 0 Å². The van der Waals surface area contributed by atoms with Gasteiger partial charge in [-0.05, 0) is 12.8 Å². The fourth-order valence-electron chi connectivity index (χ4n) is 2.10. The number of aromatic amines is 1. The molecular weight excluding hydrogens is 182 g/mol. The molecule has 0 radical (unpaired) electrons. The Balaban J connectivity index is 2.37. The highest BCUT2D eigenvalue weighted by molar-refractivity contribution is 5.94. The Hall–Kier alpha value is -1.52. The molecule has 1 heterocycles. The summed E-state index contributed by atoms with van der Waals surface area (Å²) in [7, 11) is 0. The molecule has 0 spiro atoms. The summed E-state index contributed by atoms with van der Waals surface area (Å²) in [6.45, 7) is 0. The van der Waals surface area contributed by atoms with E-state index in [1.807, 2.05) is 0 Å².